The summed E-state index contributed by atoms with van der Waals surface area (Å²) in [7, 11) is 1.50. The van der Waals surface area contributed by atoms with Gasteiger partial charge in [0, 0.05) is 15.6 Å². The Bertz CT molecular complexity index is 923. The molecule has 0 fully saturated rings. The van der Waals surface area contributed by atoms with E-state index in [0.717, 1.165) is 9.13 Å². The third-order valence-corrected chi connectivity index (χ3v) is 4.72. The number of amides is 1. The predicted molar refractivity (Wildman–Crippen MR) is 109 cm³/mol. The maximum Gasteiger partial charge on any atom is 0.259 e. The Morgan fingerprint density at radius 3 is 2.65 bits per heavy atom. The van der Waals surface area contributed by atoms with Crippen LogP contribution in [0.3, 0.4) is 0 Å². The van der Waals surface area contributed by atoms with Gasteiger partial charge in [0.2, 0.25) is 0 Å². The minimum Gasteiger partial charge on any atom is -0.493 e. The van der Waals surface area contributed by atoms with Gasteiger partial charge in [0.1, 0.15) is 18.2 Å². The van der Waals surface area contributed by atoms with E-state index in [1.54, 1.807) is 36.4 Å². The topological polar surface area (TPSA) is 85.3 Å². The predicted octanol–water partition coefficient (Wildman–Crippen LogP) is 4.58. The lowest BCUT2D eigenvalue weighted by Crippen LogP contribution is -2.12. The molecule has 2 N–H and O–H groups in total. The van der Waals surface area contributed by atoms with Gasteiger partial charge in [-0.1, -0.05) is 29.3 Å². The zero-order valence-corrected chi connectivity index (χ0v) is 17.2. The van der Waals surface area contributed by atoms with E-state index in [0.29, 0.717) is 27.1 Å². The van der Waals surface area contributed by atoms with E-state index < -0.39 is 5.91 Å². The van der Waals surface area contributed by atoms with Crippen molar-refractivity contribution >= 4 is 57.8 Å². The zero-order valence-electron chi connectivity index (χ0n) is 13.6. The highest BCUT2D eigenvalue weighted by Gasteiger charge is 2.13. The molecular formula is C18H13Cl2IN2O3. The first kappa shape index (κ1) is 20.4. The molecule has 0 aliphatic carbocycles. The minimum absolute atomic E-state index is 0.149. The molecule has 0 aliphatic heterocycles. The summed E-state index contributed by atoms with van der Waals surface area (Å²) >= 11 is 14.1. The summed E-state index contributed by atoms with van der Waals surface area (Å²) in [6, 6.07) is 10.3. The Morgan fingerprint density at radius 2 is 2.08 bits per heavy atom. The SMILES string of the molecule is COc1cc(/C=C(\C#N)C(N)=O)cc(I)c1OCc1ccc(Cl)cc1Cl. The second kappa shape index (κ2) is 9.12. The lowest BCUT2D eigenvalue weighted by Gasteiger charge is -2.14. The van der Waals surface area contributed by atoms with Crippen LogP contribution in [0.15, 0.2) is 35.9 Å². The van der Waals surface area contributed by atoms with Crippen molar-refractivity contribution in [2.24, 2.45) is 5.73 Å². The molecule has 0 heterocycles. The van der Waals surface area contributed by atoms with Crippen molar-refractivity contribution in [1.82, 2.24) is 0 Å². The van der Waals surface area contributed by atoms with Crippen LogP contribution in [0.5, 0.6) is 11.5 Å². The van der Waals surface area contributed by atoms with E-state index in [-0.39, 0.29) is 12.2 Å². The van der Waals surface area contributed by atoms with Crippen molar-refractivity contribution in [3.05, 3.63) is 60.6 Å². The summed E-state index contributed by atoms with van der Waals surface area (Å²) in [6.07, 6.45) is 1.40. The Hall–Kier alpha value is -1.95. The van der Waals surface area contributed by atoms with Crippen LogP contribution in [0.1, 0.15) is 11.1 Å². The molecule has 0 unspecified atom stereocenters. The van der Waals surface area contributed by atoms with Gasteiger partial charge in [-0.3, -0.25) is 4.79 Å². The molecule has 1 amide bonds. The van der Waals surface area contributed by atoms with E-state index in [2.05, 4.69) is 22.6 Å². The number of hydrogen-bond acceptors (Lipinski definition) is 4. The molecule has 0 saturated carbocycles. The number of nitriles is 1. The van der Waals surface area contributed by atoms with E-state index in [9.17, 15) is 4.79 Å². The summed E-state index contributed by atoms with van der Waals surface area (Å²) in [5.74, 6) is 0.183. The Morgan fingerprint density at radius 1 is 1.35 bits per heavy atom. The normalized spacial score (nSPS) is 11.0. The van der Waals surface area contributed by atoms with Gasteiger partial charge in [0.15, 0.2) is 11.5 Å². The fourth-order valence-electron chi connectivity index (χ4n) is 2.08. The maximum absolute atomic E-state index is 11.2. The number of ether oxygens (including phenoxy) is 2. The highest BCUT2D eigenvalue weighted by atomic mass is 127. The van der Waals surface area contributed by atoms with Gasteiger partial charge in [0.25, 0.3) is 5.91 Å². The van der Waals surface area contributed by atoms with Crippen LogP contribution in [0.25, 0.3) is 6.08 Å². The van der Waals surface area contributed by atoms with Crippen LogP contribution in [-0.4, -0.2) is 13.0 Å². The number of methoxy groups -OCH3 is 1. The van der Waals surface area contributed by atoms with Crippen LogP contribution >= 0.6 is 45.8 Å². The van der Waals surface area contributed by atoms with Crippen LogP contribution in [0, 0.1) is 14.9 Å². The van der Waals surface area contributed by atoms with Crippen molar-refractivity contribution in [3.8, 4) is 17.6 Å². The Kier molecular flexibility index (Phi) is 7.14. The van der Waals surface area contributed by atoms with E-state index in [4.69, 9.17) is 43.7 Å². The van der Waals surface area contributed by atoms with Gasteiger partial charge in [-0.25, -0.2) is 0 Å². The molecule has 0 aliphatic rings. The number of nitrogens with two attached hydrogens (primary N) is 1. The molecule has 8 heteroatoms. The first-order valence-corrected chi connectivity index (χ1v) is 9.05. The van der Waals surface area contributed by atoms with Crippen molar-refractivity contribution in [1.29, 1.82) is 5.26 Å². The fraction of sp³-hybridized carbons (Fsp3) is 0.111. The van der Waals surface area contributed by atoms with Crippen LogP contribution in [0.4, 0.5) is 0 Å². The number of primary amides is 1. The molecule has 0 aromatic heterocycles. The molecule has 2 aromatic carbocycles. The molecule has 134 valence electrons. The smallest absolute Gasteiger partial charge is 0.259 e. The number of carbonyl (C=O) groups excluding carboxylic acids is 1. The zero-order chi connectivity index (χ0) is 19.3. The van der Waals surface area contributed by atoms with E-state index >= 15 is 0 Å². The number of benzene rings is 2. The maximum atomic E-state index is 11.2. The second-order valence-electron chi connectivity index (χ2n) is 5.09. The number of halogens is 3. The third kappa shape index (κ3) is 5.04. The number of nitrogens with zero attached hydrogens (tertiary/aromatic N) is 1. The number of hydrogen-bond donors (Lipinski definition) is 1. The van der Waals surface area contributed by atoms with E-state index in [1.807, 2.05) is 0 Å². The van der Waals surface area contributed by atoms with Crippen molar-refractivity contribution < 1.29 is 14.3 Å². The quantitative estimate of drug-likeness (QED) is 0.356. The average molecular weight is 503 g/mol. The monoisotopic (exact) mass is 502 g/mol. The minimum atomic E-state index is -0.792. The number of carbonyl (C=O) groups is 1. The molecule has 2 rings (SSSR count). The lowest BCUT2D eigenvalue weighted by atomic mass is 10.1. The molecular weight excluding hydrogens is 490 g/mol. The van der Waals surface area contributed by atoms with Gasteiger partial charge >= 0.3 is 0 Å². The third-order valence-electron chi connectivity index (χ3n) is 3.34. The molecule has 0 bridgehead atoms. The summed E-state index contributed by atoms with van der Waals surface area (Å²) in [4.78, 5) is 11.2. The molecule has 0 radical (unpaired) electrons. The van der Waals surface area contributed by atoms with Gasteiger partial charge in [-0.2, -0.15) is 5.26 Å². The van der Waals surface area contributed by atoms with Crippen LogP contribution in [-0.2, 0) is 11.4 Å². The first-order chi connectivity index (χ1) is 12.3. The first-order valence-electron chi connectivity index (χ1n) is 7.21. The summed E-state index contributed by atoms with van der Waals surface area (Å²) in [5.41, 5.74) is 6.38. The lowest BCUT2D eigenvalue weighted by molar-refractivity contribution is -0.114. The summed E-state index contributed by atoms with van der Waals surface area (Å²) < 4.78 is 12.0. The van der Waals surface area contributed by atoms with Gasteiger partial charge < -0.3 is 15.2 Å². The summed E-state index contributed by atoms with van der Waals surface area (Å²) in [6.45, 7) is 0.224. The molecule has 2 aromatic rings. The van der Waals surface area contributed by atoms with Crippen LogP contribution in [0.2, 0.25) is 10.0 Å². The fourth-order valence-corrected chi connectivity index (χ4v) is 3.32. The largest absolute Gasteiger partial charge is 0.493 e. The van der Waals surface area contributed by atoms with Crippen LogP contribution < -0.4 is 15.2 Å². The molecule has 26 heavy (non-hydrogen) atoms. The molecule has 0 atom stereocenters. The van der Waals surface area contributed by atoms with Crippen molar-refractivity contribution in [2.75, 3.05) is 7.11 Å². The molecule has 0 saturated heterocycles. The standard InChI is InChI=1S/C18H13Cl2IN2O3/c1-25-16-6-10(4-12(8-22)18(23)24)5-15(21)17(16)26-9-11-2-3-13(19)7-14(11)20/h2-7H,9H2,1H3,(H2,23,24)/b12-4+. The van der Waals surface area contributed by atoms with Gasteiger partial charge in [-0.05, 0) is 58.5 Å². The second-order valence-corrected chi connectivity index (χ2v) is 7.10. The van der Waals surface area contributed by atoms with Gasteiger partial charge in [-0.15, -0.1) is 0 Å². The van der Waals surface area contributed by atoms with Crippen molar-refractivity contribution in [3.63, 3.8) is 0 Å². The average Bonchev–Trinajstić information content (AvgIpc) is 2.59. The molecule has 0 spiro atoms. The van der Waals surface area contributed by atoms with Gasteiger partial charge in [0.05, 0.1) is 10.7 Å². The van der Waals surface area contributed by atoms with E-state index in [1.165, 1.54) is 13.2 Å². The summed E-state index contributed by atoms with van der Waals surface area (Å²) in [5, 5.41) is 10.0. The van der Waals surface area contributed by atoms with Crippen molar-refractivity contribution in [2.45, 2.75) is 6.61 Å². The number of rotatable bonds is 6. The Balaban J connectivity index is 2.32. The molecule has 5 nitrogen and oxygen atoms in total. The highest BCUT2D eigenvalue weighted by Crippen LogP contribution is 2.35. The highest BCUT2D eigenvalue weighted by molar-refractivity contribution is 14.1. The Labute approximate surface area is 174 Å².